The second kappa shape index (κ2) is 5.78. The van der Waals surface area contributed by atoms with Gasteiger partial charge in [-0.1, -0.05) is 12.1 Å². The van der Waals surface area contributed by atoms with E-state index >= 15 is 0 Å². The monoisotopic (exact) mass is 269 g/mol. The summed E-state index contributed by atoms with van der Waals surface area (Å²) in [7, 11) is 0. The average molecular weight is 269 g/mol. The molecule has 0 amide bonds. The van der Waals surface area contributed by atoms with E-state index in [1.54, 1.807) is 24.3 Å². The number of nitrogen functional groups attached to an aromatic ring is 1. The second-order valence-electron chi connectivity index (χ2n) is 5.09. The highest BCUT2D eigenvalue weighted by Gasteiger charge is 2.11. The molecule has 0 aliphatic heterocycles. The minimum absolute atomic E-state index is 0.0256. The number of aryl methyl sites for hydroxylation is 1. The van der Waals surface area contributed by atoms with Crippen LogP contribution in [0.2, 0.25) is 0 Å². The second-order valence-corrected chi connectivity index (χ2v) is 5.09. The molecule has 0 spiro atoms. The van der Waals surface area contributed by atoms with Gasteiger partial charge in [-0.25, -0.2) is 0 Å². The lowest BCUT2D eigenvalue weighted by molar-refractivity contribution is 0.103. The van der Waals surface area contributed by atoms with Crippen LogP contribution in [0.3, 0.4) is 0 Å². The number of carbonyl (C=O) groups excluding carboxylic acids is 1. The van der Waals surface area contributed by atoms with Crippen molar-refractivity contribution in [2.24, 2.45) is 0 Å². The van der Waals surface area contributed by atoms with Crippen LogP contribution in [-0.2, 0) is 0 Å². The van der Waals surface area contributed by atoms with Gasteiger partial charge >= 0.3 is 0 Å². The Morgan fingerprint density at radius 3 is 2.45 bits per heavy atom. The number of carbonyl (C=O) groups is 1. The van der Waals surface area contributed by atoms with Crippen molar-refractivity contribution in [2.75, 3.05) is 5.73 Å². The fourth-order valence-electron chi connectivity index (χ4n) is 1.97. The number of nitrogens with two attached hydrogens (primary N) is 1. The van der Waals surface area contributed by atoms with E-state index in [1.807, 2.05) is 39.0 Å². The third kappa shape index (κ3) is 3.18. The van der Waals surface area contributed by atoms with Crippen molar-refractivity contribution in [2.45, 2.75) is 26.9 Å². The van der Waals surface area contributed by atoms with Crippen LogP contribution in [0.15, 0.2) is 42.5 Å². The zero-order valence-corrected chi connectivity index (χ0v) is 12.0. The van der Waals surface area contributed by atoms with Crippen LogP contribution in [0.25, 0.3) is 0 Å². The molecule has 0 saturated carbocycles. The molecule has 20 heavy (non-hydrogen) atoms. The topological polar surface area (TPSA) is 52.3 Å². The van der Waals surface area contributed by atoms with Crippen LogP contribution in [0.4, 0.5) is 5.69 Å². The van der Waals surface area contributed by atoms with Crippen LogP contribution < -0.4 is 10.5 Å². The molecule has 0 heterocycles. The van der Waals surface area contributed by atoms with E-state index in [2.05, 4.69) is 0 Å². The molecular formula is C17H19NO2. The molecule has 0 radical (unpaired) electrons. The van der Waals surface area contributed by atoms with E-state index in [-0.39, 0.29) is 11.9 Å². The highest BCUT2D eigenvalue weighted by molar-refractivity contribution is 6.09. The molecule has 3 heteroatoms. The maximum atomic E-state index is 12.5. The molecule has 2 rings (SSSR count). The molecule has 0 atom stereocenters. The molecule has 104 valence electrons. The van der Waals surface area contributed by atoms with Crippen molar-refractivity contribution < 1.29 is 9.53 Å². The minimum atomic E-state index is -0.0256. The Balaban J connectivity index is 2.30. The SMILES string of the molecule is Cc1cc(C(=O)c2cccc(OC(C)C)c2)ccc1N. The Labute approximate surface area is 119 Å². The number of ketones is 1. The van der Waals surface area contributed by atoms with E-state index in [4.69, 9.17) is 10.5 Å². The Bertz CT molecular complexity index is 633. The number of anilines is 1. The largest absolute Gasteiger partial charge is 0.491 e. The fourth-order valence-corrected chi connectivity index (χ4v) is 1.97. The summed E-state index contributed by atoms with van der Waals surface area (Å²) in [6.07, 6.45) is 0.0825. The number of ether oxygens (including phenoxy) is 1. The molecule has 2 aromatic carbocycles. The molecule has 0 saturated heterocycles. The summed E-state index contributed by atoms with van der Waals surface area (Å²) in [6, 6.07) is 12.6. The van der Waals surface area contributed by atoms with Crippen molar-refractivity contribution >= 4 is 11.5 Å². The number of hydrogen-bond acceptors (Lipinski definition) is 3. The predicted octanol–water partition coefficient (Wildman–Crippen LogP) is 3.60. The Hall–Kier alpha value is -2.29. The Morgan fingerprint density at radius 1 is 1.10 bits per heavy atom. The quantitative estimate of drug-likeness (QED) is 0.681. The number of rotatable bonds is 4. The van der Waals surface area contributed by atoms with Gasteiger partial charge < -0.3 is 10.5 Å². The zero-order valence-electron chi connectivity index (χ0n) is 12.0. The lowest BCUT2D eigenvalue weighted by Crippen LogP contribution is -2.07. The van der Waals surface area contributed by atoms with Crippen LogP contribution >= 0.6 is 0 Å². The van der Waals surface area contributed by atoms with Gasteiger partial charge in [-0.2, -0.15) is 0 Å². The van der Waals surface area contributed by atoms with Crippen LogP contribution in [-0.4, -0.2) is 11.9 Å². The predicted molar refractivity (Wildman–Crippen MR) is 81.2 cm³/mol. The zero-order chi connectivity index (χ0) is 14.7. The molecule has 0 bridgehead atoms. The highest BCUT2D eigenvalue weighted by atomic mass is 16.5. The number of hydrogen-bond donors (Lipinski definition) is 1. The molecule has 0 aliphatic carbocycles. The first-order valence-corrected chi connectivity index (χ1v) is 6.65. The first-order chi connectivity index (χ1) is 9.47. The van der Waals surface area contributed by atoms with Crippen molar-refractivity contribution in [1.29, 1.82) is 0 Å². The molecule has 0 unspecified atom stereocenters. The molecule has 2 N–H and O–H groups in total. The third-order valence-electron chi connectivity index (χ3n) is 3.00. The van der Waals surface area contributed by atoms with Crippen LogP contribution in [0, 0.1) is 6.92 Å². The van der Waals surface area contributed by atoms with E-state index in [0.29, 0.717) is 22.6 Å². The summed E-state index contributed by atoms with van der Waals surface area (Å²) >= 11 is 0. The van der Waals surface area contributed by atoms with Gasteiger partial charge in [0.1, 0.15) is 5.75 Å². The summed E-state index contributed by atoms with van der Waals surface area (Å²) in [6.45, 7) is 5.81. The lowest BCUT2D eigenvalue weighted by Gasteiger charge is -2.11. The summed E-state index contributed by atoms with van der Waals surface area (Å²) in [4.78, 5) is 12.5. The lowest BCUT2D eigenvalue weighted by atomic mass is 10.0. The van der Waals surface area contributed by atoms with Gasteiger partial charge in [-0.15, -0.1) is 0 Å². The normalized spacial score (nSPS) is 10.6. The first-order valence-electron chi connectivity index (χ1n) is 6.65. The third-order valence-corrected chi connectivity index (χ3v) is 3.00. The first kappa shape index (κ1) is 14.1. The van der Waals surface area contributed by atoms with Gasteiger partial charge in [0.2, 0.25) is 0 Å². The van der Waals surface area contributed by atoms with Gasteiger partial charge in [0, 0.05) is 16.8 Å². The van der Waals surface area contributed by atoms with Crippen molar-refractivity contribution in [3.05, 3.63) is 59.2 Å². The maximum Gasteiger partial charge on any atom is 0.193 e. The molecule has 3 nitrogen and oxygen atoms in total. The summed E-state index contributed by atoms with van der Waals surface area (Å²) in [5, 5.41) is 0. The average Bonchev–Trinajstić information content (AvgIpc) is 2.40. The molecule has 0 aliphatic rings. The fraction of sp³-hybridized carbons (Fsp3) is 0.235. The minimum Gasteiger partial charge on any atom is -0.491 e. The van der Waals surface area contributed by atoms with Gasteiger partial charge in [-0.05, 0) is 56.7 Å². The molecular weight excluding hydrogens is 250 g/mol. The summed E-state index contributed by atoms with van der Waals surface area (Å²) < 4.78 is 5.61. The summed E-state index contributed by atoms with van der Waals surface area (Å²) in [5.41, 5.74) is 8.63. The van der Waals surface area contributed by atoms with Crippen molar-refractivity contribution in [3.63, 3.8) is 0 Å². The van der Waals surface area contributed by atoms with Crippen molar-refractivity contribution in [3.8, 4) is 5.75 Å². The molecule has 0 aromatic heterocycles. The smallest absolute Gasteiger partial charge is 0.193 e. The van der Waals surface area contributed by atoms with E-state index in [1.165, 1.54) is 0 Å². The number of benzene rings is 2. The van der Waals surface area contributed by atoms with E-state index < -0.39 is 0 Å². The van der Waals surface area contributed by atoms with Crippen LogP contribution in [0.5, 0.6) is 5.75 Å². The van der Waals surface area contributed by atoms with E-state index in [0.717, 1.165) is 5.56 Å². The standard InChI is InChI=1S/C17H19NO2/c1-11(2)20-15-6-4-5-13(10-15)17(19)14-7-8-16(18)12(3)9-14/h4-11H,18H2,1-3H3. The molecule has 2 aromatic rings. The van der Waals surface area contributed by atoms with Gasteiger partial charge in [0.05, 0.1) is 6.10 Å². The van der Waals surface area contributed by atoms with Gasteiger partial charge in [-0.3, -0.25) is 4.79 Å². The highest BCUT2D eigenvalue weighted by Crippen LogP contribution is 2.20. The van der Waals surface area contributed by atoms with Crippen LogP contribution in [0.1, 0.15) is 35.3 Å². The van der Waals surface area contributed by atoms with E-state index in [9.17, 15) is 4.79 Å². The summed E-state index contributed by atoms with van der Waals surface area (Å²) in [5.74, 6) is 0.681. The van der Waals surface area contributed by atoms with Crippen molar-refractivity contribution in [1.82, 2.24) is 0 Å². The molecule has 0 fully saturated rings. The maximum absolute atomic E-state index is 12.5. The van der Waals surface area contributed by atoms with Gasteiger partial charge in [0.25, 0.3) is 0 Å². The van der Waals surface area contributed by atoms with Gasteiger partial charge in [0.15, 0.2) is 5.78 Å². The Kier molecular flexibility index (Phi) is 4.08. The Morgan fingerprint density at radius 2 is 1.80 bits per heavy atom.